The van der Waals surface area contributed by atoms with E-state index in [0.717, 1.165) is 17.6 Å². The monoisotopic (exact) mass is 346 g/mol. The first-order valence-corrected chi connectivity index (χ1v) is 8.83. The molecule has 1 fully saturated rings. The topological polar surface area (TPSA) is 49.8 Å². The van der Waals surface area contributed by atoms with E-state index in [9.17, 15) is 5.26 Å². The maximum absolute atomic E-state index is 9.64. The number of hydrogen-bond donors (Lipinski definition) is 1. The van der Waals surface area contributed by atoms with Gasteiger partial charge in [0.25, 0.3) is 0 Å². The van der Waals surface area contributed by atoms with E-state index in [-0.39, 0.29) is 0 Å². The van der Waals surface area contributed by atoms with Gasteiger partial charge in [-0.1, -0.05) is 73.2 Å². The van der Waals surface area contributed by atoms with Crippen LogP contribution in [0.2, 0.25) is 5.02 Å². The quantitative estimate of drug-likeness (QED) is 0.809. The number of hydrogen-bond acceptors (Lipinski definition) is 2. The van der Waals surface area contributed by atoms with E-state index >= 15 is 0 Å². The highest BCUT2D eigenvalue weighted by molar-refractivity contribution is 6.39. The lowest BCUT2D eigenvalue weighted by Gasteiger charge is -2.35. The second kappa shape index (κ2) is 6.69. The van der Waals surface area contributed by atoms with E-state index in [1.54, 1.807) is 0 Å². The Kier molecular flexibility index (Phi) is 4.82. The standard InChI is InChI=1S/C19H20Cl2N2/c20-17-8-4-3-7-15(17)16-9-14(12-22)19(23,11-18(16)21)10-13-5-1-2-6-13/h3-4,7-9,11,13-14H,1-2,5-6,10,23H2. The number of rotatable bonds is 3. The Morgan fingerprint density at radius 3 is 2.57 bits per heavy atom. The normalized spacial score (nSPS) is 28.2. The van der Waals surface area contributed by atoms with Crippen molar-refractivity contribution in [3.63, 3.8) is 0 Å². The SMILES string of the molecule is N#CC1C=C(c2ccccc2Cl)C(Cl)=CC1(N)CC1CCCC1. The van der Waals surface area contributed by atoms with Gasteiger partial charge in [-0.3, -0.25) is 0 Å². The van der Waals surface area contributed by atoms with Gasteiger partial charge in [-0.2, -0.15) is 5.26 Å². The molecule has 0 aromatic heterocycles. The molecule has 4 heteroatoms. The Balaban J connectivity index is 1.94. The number of benzene rings is 1. The summed E-state index contributed by atoms with van der Waals surface area (Å²) in [4.78, 5) is 0. The fourth-order valence-electron chi connectivity index (χ4n) is 3.76. The Morgan fingerprint density at radius 2 is 1.91 bits per heavy atom. The highest BCUT2D eigenvalue weighted by Gasteiger charge is 2.39. The summed E-state index contributed by atoms with van der Waals surface area (Å²) >= 11 is 12.8. The van der Waals surface area contributed by atoms with Crippen molar-refractivity contribution in [2.75, 3.05) is 0 Å². The zero-order valence-electron chi connectivity index (χ0n) is 12.9. The van der Waals surface area contributed by atoms with Gasteiger partial charge in [-0.25, -0.2) is 0 Å². The van der Waals surface area contributed by atoms with Crippen LogP contribution in [0.1, 0.15) is 37.7 Å². The van der Waals surface area contributed by atoms with Gasteiger partial charge in [0.05, 0.1) is 17.5 Å². The molecule has 0 saturated heterocycles. The molecule has 1 saturated carbocycles. The van der Waals surface area contributed by atoms with Crippen LogP contribution in [-0.2, 0) is 0 Å². The first-order valence-electron chi connectivity index (χ1n) is 8.07. The molecule has 0 bridgehead atoms. The molecule has 2 unspecified atom stereocenters. The predicted molar refractivity (Wildman–Crippen MR) is 96.0 cm³/mol. The number of halogens is 2. The molecule has 2 aliphatic rings. The largest absolute Gasteiger partial charge is 0.320 e. The Morgan fingerprint density at radius 1 is 1.22 bits per heavy atom. The lowest BCUT2D eigenvalue weighted by molar-refractivity contribution is 0.339. The van der Waals surface area contributed by atoms with E-state index in [1.807, 2.05) is 36.4 Å². The maximum atomic E-state index is 9.64. The van der Waals surface area contributed by atoms with E-state index in [4.69, 9.17) is 28.9 Å². The first-order chi connectivity index (χ1) is 11.0. The lowest BCUT2D eigenvalue weighted by atomic mass is 9.73. The van der Waals surface area contributed by atoms with Crippen molar-refractivity contribution in [1.29, 1.82) is 5.26 Å². The molecule has 1 aromatic rings. The minimum atomic E-state index is -0.689. The van der Waals surface area contributed by atoms with Crippen molar-refractivity contribution in [1.82, 2.24) is 0 Å². The molecule has 0 aliphatic heterocycles. The van der Waals surface area contributed by atoms with Gasteiger partial charge >= 0.3 is 0 Å². The van der Waals surface area contributed by atoms with Gasteiger partial charge < -0.3 is 5.73 Å². The molecule has 120 valence electrons. The molecular formula is C19H20Cl2N2. The molecule has 23 heavy (non-hydrogen) atoms. The molecular weight excluding hydrogens is 327 g/mol. The Labute approximate surface area is 147 Å². The highest BCUT2D eigenvalue weighted by Crippen LogP contribution is 2.43. The third-order valence-electron chi connectivity index (χ3n) is 4.99. The van der Waals surface area contributed by atoms with Crippen LogP contribution in [-0.4, -0.2) is 5.54 Å². The number of nitrogens with zero attached hydrogens (tertiary/aromatic N) is 1. The van der Waals surface area contributed by atoms with E-state index in [0.29, 0.717) is 16.0 Å². The van der Waals surface area contributed by atoms with Crippen LogP contribution in [0.5, 0.6) is 0 Å². The summed E-state index contributed by atoms with van der Waals surface area (Å²) in [6, 6.07) is 9.89. The lowest BCUT2D eigenvalue weighted by Crippen LogP contribution is -2.47. The number of nitrogens with two attached hydrogens (primary N) is 1. The van der Waals surface area contributed by atoms with Crippen LogP contribution < -0.4 is 5.73 Å². The van der Waals surface area contributed by atoms with Crippen LogP contribution in [0, 0.1) is 23.2 Å². The van der Waals surface area contributed by atoms with E-state index in [2.05, 4.69) is 6.07 Å². The highest BCUT2D eigenvalue weighted by atomic mass is 35.5. The summed E-state index contributed by atoms with van der Waals surface area (Å²) in [6.45, 7) is 0. The molecule has 3 rings (SSSR count). The average Bonchev–Trinajstić information content (AvgIpc) is 3.01. The molecule has 0 amide bonds. The van der Waals surface area contributed by atoms with Gasteiger partial charge in [-0.15, -0.1) is 0 Å². The zero-order valence-corrected chi connectivity index (χ0v) is 14.4. The summed E-state index contributed by atoms with van der Waals surface area (Å²) in [5, 5.41) is 10.9. The molecule has 0 radical (unpaired) electrons. The molecule has 2 nitrogen and oxygen atoms in total. The summed E-state index contributed by atoms with van der Waals surface area (Å²) in [6.07, 6.45) is 9.49. The summed E-state index contributed by atoms with van der Waals surface area (Å²) in [5.41, 5.74) is 7.56. The van der Waals surface area contributed by atoms with Crippen LogP contribution in [0.25, 0.3) is 5.57 Å². The Bertz CT molecular complexity index is 696. The van der Waals surface area contributed by atoms with Crippen molar-refractivity contribution < 1.29 is 0 Å². The van der Waals surface area contributed by atoms with Crippen LogP contribution in [0.15, 0.2) is 41.4 Å². The van der Waals surface area contributed by atoms with Crippen molar-refractivity contribution in [3.05, 3.63) is 52.0 Å². The summed E-state index contributed by atoms with van der Waals surface area (Å²) in [5.74, 6) is 0.198. The fraction of sp³-hybridized carbons (Fsp3) is 0.421. The van der Waals surface area contributed by atoms with Gasteiger partial charge in [0.1, 0.15) is 0 Å². The molecule has 0 spiro atoms. The third kappa shape index (κ3) is 3.33. The van der Waals surface area contributed by atoms with E-state index in [1.165, 1.54) is 25.7 Å². The van der Waals surface area contributed by atoms with Gasteiger partial charge in [-0.05, 0) is 30.1 Å². The van der Waals surface area contributed by atoms with Crippen molar-refractivity contribution in [3.8, 4) is 6.07 Å². The van der Waals surface area contributed by atoms with Crippen molar-refractivity contribution in [2.45, 2.75) is 37.6 Å². The van der Waals surface area contributed by atoms with Crippen LogP contribution in [0.3, 0.4) is 0 Å². The second-order valence-electron chi connectivity index (χ2n) is 6.63. The predicted octanol–water partition coefficient (Wildman–Crippen LogP) is 5.28. The molecule has 2 aliphatic carbocycles. The zero-order chi connectivity index (χ0) is 16.4. The van der Waals surface area contributed by atoms with Crippen molar-refractivity contribution in [2.24, 2.45) is 17.6 Å². The fourth-order valence-corrected chi connectivity index (χ4v) is 4.37. The van der Waals surface area contributed by atoms with Crippen LogP contribution >= 0.6 is 23.2 Å². The number of allylic oxidation sites excluding steroid dienone is 2. The third-order valence-corrected chi connectivity index (χ3v) is 5.63. The smallest absolute Gasteiger partial charge is 0.0869 e. The first kappa shape index (κ1) is 16.6. The summed E-state index contributed by atoms with van der Waals surface area (Å²) < 4.78 is 0. The molecule has 1 aromatic carbocycles. The second-order valence-corrected chi connectivity index (χ2v) is 7.44. The van der Waals surface area contributed by atoms with Gasteiger partial charge in [0, 0.05) is 15.6 Å². The maximum Gasteiger partial charge on any atom is 0.0869 e. The van der Waals surface area contributed by atoms with Gasteiger partial charge in [0.15, 0.2) is 0 Å². The molecule has 0 heterocycles. The average molecular weight is 347 g/mol. The van der Waals surface area contributed by atoms with Crippen molar-refractivity contribution >= 4 is 28.8 Å². The Hall–Kier alpha value is -1.27. The minimum Gasteiger partial charge on any atom is -0.320 e. The minimum absolute atomic E-state index is 0.392. The van der Waals surface area contributed by atoms with Gasteiger partial charge in [0.2, 0.25) is 0 Å². The molecule has 2 atom stereocenters. The van der Waals surface area contributed by atoms with Crippen LogP contribution in [0.4, 0.5) is 0 Å². The van der Waals surface area contributed by atoms with E-state index < -0.39 is 11.5 Å². The molecule has 2 N–H and O–H groups in total. The summed E-state index contributed by atoms with van der Waals surface area (Å²) in [7, 11) is 0. The number of nitriles is 1.